The first-order chi connectivity index (χ1) is 9.05. The second kappa shape index (κ2) is 5.90. The minimum atomic E-state index is -0.384. The monoisotopic (exact) mass is 339 g/mol. The van der Waals surface area contributed by atoms with E-state index in [1.807, 2.05) is 37.3 Å². The number of pyridine rings is 1. The van der Waals surface area contributed by atoms with Crippen molar-refractivity contribution in [2.45, 2.75) is 12.5 Å². The maximum absolute atomic E-state index is 5.94. The fraction of sp³-hybridized carbons (Fsp3) is 0.214. The van der Waals surface area contributed by atoms with Gasteiger partial charge in [-0.25, -0.2) is 4.98 Å². The average molecular weight is 341 g/mol. The van der Waals surface area contributed by atoms with Gasteiger partial charge in [0.1, 0.15) is 5.82 Å². The quantitative estimate of drug-likeness (QED) is 0.890. The van der Waals surface area contributed by atoms with Gasteiger partial charge in [-0.2, -0.15) is 0 Å². The second-order valence-corrected chi connectivity index (χ2v) is 5.80. The Morgan fingerprint density at radius 1 is 1.37 bits per heavy atom. The van der Waals surface area contributed by atoms with E-state index < -0.39 is 0 Å². The number of anilines is 1. The van der Waals surface area contributed by atoms with E-state index in [4.69, 9.17) is 17.3 Å². The molecule has 0 radical (unpaired) electrons. The van der Waals surface area contributed by atoms with Gasteiger partial charge in [0.2, 0.25) is 0 Å². The standard InChI is InChI=1S/C14H15BrClN3/c1-14(9-17,10-5-3-2-4-6-10)19-13-12(15)7-11(16)8-18-13/h2-8H,9,17H2,1H3,(H,18,19). The fourth-order valence-electron chi connectivity index (χ4n) is 1.81. The Morgan fingerprint density at radius 3 is 2.63 bits per heavy atom. The zero-order chi connectivity index (χ0) is 13.9. The zero-order valence-corrected chi connectivity index (χ0v) is 12.9. The van der Waals surface area contributed by atoms with Crippen LogP contribution < -0.4 is 11.1 Å². The van der Waals surface area contributed by atoms with Crippen LogP contribution in [0.3, 0.4) is 0 Å². The highest BCUT2D eigenvalue weighted by Gasteiger charge is 2.25. The summed E-state index contributed by atoms with van der Waals surface area (Å²) in [5.41, 5.74) is 6.66. The molecular formula is C14H15BrClN3. The molecule has 3 nitrogen and oxygen atoms in total. The van der Waals surface area contributed by atoms with Gasteiger partial charge in [-0.3, -0.25) is 0 Å². The van der Waals surface area contributed by atoms with Crippen LogP contribution in [0.15, 0.2) is 47.1 Å². The molecule has 100 valence electrons. The van der Waals surface area contributed by atoms with Gasteiger partial charge in [0.25, 0.3) is 0 Å². The van der Waals surface area contributed by atoms with Crippen LogP contribution in [0.25, 0.3) is 0 Å². The topological polar surface area (TPSA) is 50.9 Å². The molecule has 1 unspecified atom stereocenters. The van der Waals surface area contributed by atoms with Gasteiger partial charge in [-0.15, -0.1) is 0 Å². The molecule has 0 aliphatic rings. The molecule has 2 aromatic rings. The fourth-order valence-corrected chi connectivity index (χ4v) is 2.55. The van der Waals surface area contributed by atoms with Gasteiger partial charge in [0.05, 0.1) is 15.0 Å². The van der Waals surface area contributed by atoms with Gasteiger partial charge in [-0.05, 0) is 34.5 Å². The van der Waals surface area contributed by atoms with Crippen molar-refractivity contribution in [3.8, 4) is 0 Å². The summed E-state index contributed by atoms with van der Waals surface area (Å²) in [6, 6.07) is 11.9. The van der Waals surface area contributed by atoms with Crippen molar-refractivity contribution >= 4 is 33.3 Å². The molecule has 1 heterocycles. The lowest BCUT2D eigenvalue weighted by Gasteiger charge is -2.31. The molecule has 2 rings (SSSR count). The Balaban J connectivity index is 2.33. The largest absolute Gasteiger partial charge is 0.359 e. The van der Waals surface area contributed by atoms with Gasteiger partial charge < -0.3 is 11.1 Å². The second-order valence-electron chi connectivity index (χ2n) is 4.51. The van der Waals surface area contributed by atoms with Crippen LogP contribution in [0.5, 0.6) is 0 Å². The predicted octanol–water partition coefficient (Wildman–Crippen LogP) is 3.78. The molecule has 1 aromatic heterocycles. The van der Waals surface area contributed by atoms with Crippen LogP contribution >= 0.6 is 27.5 Å². The van der Waals surface area contributed by atoms with E-state index in [2.05, 4.69) is 26.2 Å². The smallest absolute Gasteiger partial charge is 0.141 e. The molecule has 1 atom stereocenters. The first kappa shape index (κ1) is 14.3. The third-order valence-electron chi connectivity index (χ3n) is 3.02. The number of hydrogen-bond donors (Lipinski definition) is 2. The molecule has 0 amide bonds. The number of benzene rings is 1. The van der Waals surface area contributed by atoms with Crippen LogP contribution in [-0.4, -0.2) is 11.5 Å². The summed E-state index contributed by atoms with van der Waals surface area (Å²) in [7, 11) is 0. The Morgan fingerprint density at radius 2 is 2.05 bits per heavy atom. The highest BCUT2D eigenvalue weighted by Crippen LogP contribution is 2.29. The van der Waals surface area contributed by atoms with E-state index in [1.165, 1.54) is 0 Å². The van der Waals surface area contributed by atoms with Crippen molar-refractivity contribution in [2.24, 2.45) is 5.73 Å². The molecule has 0 fully saturated rings. The number of nitrogens with two attached hydrogens (primary N) is 1. The number of rotatable bonds is 4. The first-order valence-corrected chi connectivity index (χ1v) is 7.07. The minimum absolute atomic E-state index is 0.384. The highest BCUT2D eigenvalue weighted by atomic mass is 79.9. The lowest BCUT2D eigenvalue weighted by Crippen LogP contribution is -2.40. The number of nitrogens with one attached hydrogen (secondary N) is 1. The van der Waals surface area contributed by atoms with Crippen LogP contribution in [0.1, 0.15) is 12.5 Å². The van der Waals surface area contributed by atoms with E-state index in [0.29, 0.717) is 11.6 Å². The summed E-state index contributed by atoms with van der Waals surface area (Å²) in [5, 5.41) is 3.96. The lowest BCUT2D eigenvalue weighted by atomic mass is 9.92. The van der Waals surface area contributed by atoms with Crippen molar-refractivity contribution < 1.29 is 0 Å². The number of aromatic nitrogens is 1. The Kier molecular flexibility index (Phi) is 4.45. The number of halogens is 2. The van der Waals surface area contributed by atoms with Crippen molar-refractivity contribution in [3.63, 3.8) is 0 Å². The Labute approximate surface area is 126 Å². The van der Waals surface area contributed by atoms with Gasteiger partial charge in [-0.1, -0.05) is 41.9 Å². The van der Waals surface area contributed by atoms with Crippen LogP contribution in [0.2, 0.25) is 5.02 Å². The molecule has 0 aliphatic carbocycles. The maximum Gasteiger partial charge on any atom is 0.141 e. The number of nitrogens with zero attached hydrogens (tertiary/aromatic N) is 1. The molecule has 0 aliphatic heterocycles. The van der Waals surface area contributed by atoms with E-state index in [0.717, 1.165) is 15.9 Å². The van der Waals surface area contributed by atoms with Gasteiger partial charge in [0, 0.05) is 12.7 Å². The zero-order valence-electron chi connectivity index (χ0n) is 10.5. The van der Waals surface area contributed by atoms with Crippen LogP contribution in [0.4, 0.5) is 5.82 Å². The van der Waals surface area contributed by atoms with Gasteiger partial charge in [0.15, 0.2) is 0 Å². The predicted molar refractivity (Wildman–Crippen MR) is 83.4 cm³/mol. The first-order valence-electron chi connectivity index (χ1n) is 5.90. The van der Waals surface area contributed by atoms with Crippen LogP contribution in [0, 0.1) is 0 Å². The van der Waals surface area contributed by atoms with E-state index in [-0.39, 0.29) is 5.54 Å². The van der Waals surface area contributed by atoms with E-state index in [1.54, 1.807) is 12.3 Å². The molecule has 0 saturated heterocycles. The summed E-state index contributed by atoms with van der Waals surface area (Å²) in [6.45, 7) is 2.50. The van der Waals surface area contributed by atoms with E-state index in [9.17, 15) is 0 Å². The SMILES string of the molecule is CC(CN)(Nc1ncc(Cl)cc1Br)c1ccccc1. The van der Waals surface area contributed by atoms with Crippen molar-refractivity contribution in [3.05, 3.63) is 57.7 Å². The third-order valence-corrected chi connectivity index (χ3v) is 3.83. The molecule has 0 saturated carbocycles. The minimum Gasteiger partial charge on any atom is -0.359 e. The summed E-state index contributed by atoms with van der Waals surface area (Å²) < 4.78 is 0.815. The van der Waals surface area contributed by atoms with Gasteiger partial charge >= 0.3 is 0 Å². The highest BCUT2D eigenvalue weighted by molar-refractivity contribution is 9.10. The third kappa shape index (κ3) is 3.26. The average Bonchev–Trinajstić information content (AvgIpc) is 2.43. The normalized spacial score (nSPS) is 13.9. The molecule has 5 heteroatoms. The Bertz CT molecular complexity index is 562. The maximum atomic E-state index is 5.94. The van der Waals surface area contributed by atoms with Crippen molar-refractivity contribution in [1.29, 1.82) is 0 Å². The molecule has 1 aromatic carbocycles. The molecular weight excluding hydrogens is 326 g/mol. The van der Waals surface area contributed by atoms with Crippen molar-refractivity contribution in [1.82, 2.24) is 4.98 Å². The number of hydrogen-bond acceptors (Lipinski definition) is 3. The molecule has 0 spiro atoms. The summed E-state index contributed by atoms with van der Waals surface area (Å²) >= 11 is 9.35. The lowest BCUT2D eigenvalue weighted by molar-refractivity contribution is 0.553. The summed E-state index contributed by atoms with van der Waals surface area (Å²) in [5.74, 6) is 0.723. The summed E-state index contributed by atoms with van der Waals surface area (Å²) in [6.07, 6.45) is 1.61. The van der Waals surface area contributed by atoms with Crippen LogP contribution in [-0.2, 0) is 5.54 Å². The molecule has 3 N–H and O–H groups in total. The summed E-state index contributed by atoms with van der Waals surface area (Å²) in [4.78, 5) is 4.29. The molecule has 0 bridgehead atoms. The van der Waals surface area contributed by atoms with E-state index >= 15 is 0 Å². The molecule has 19 heavy (non-hydrogen) atoms. The van der Waals surface area contributed by atoms with Crippen molar-refractivity contribution in [2.75, 3.05) is 11.9 Å². The Hall–Kier alpha value is -1.10.